The maximum Gasteiger partial charge on any atom is 0.251 e. The van der Waals surface area contributed by atoms with Gasteiger partial charge >= 0.3 is 0 Å². The van der Waals surface area contributed by atoms with Crippen LogP contribution < -0.4 is 10.5 Å². The lowest BCUT2D eigenvalue weighted by molar-refractivity contribution is 0.0952. The van der Waals surface area contributed by atoms with Gasteiger partial charge in [-0.25, -0.2) is 13.6 Å². The average Bonchev–Trinajstić information content (AvgIpc) is 2.96. The van der Waals surface area contributed by atoms with E-state index >= 15 is 0 Å². The molecule has 1 aromatic rings. The van der Waals surface area contributed by atoms with Gasteiger partial charge in [0.1, 0.15) is 0 Å². The normalized spacial score (nSPS) is 18.6. The molecular weight excluding hydrogens is 292 g/mol. The van der Waals surface area contributed by atoms with Gasteiger partial charge in [0.05, 0.1) is 4.90 Å². The fourth-order valence-electron chi connectivity index (χ4n) is 2.30. The molecule has 0 spiro atoms. The van der Waals surface area contributed by atoms with Crippen molar-refractivity contribution in [3.63, 3.8) is 0 Å². The third-order valence-electron chi connectivity index (χ3n) is 3.54. The average molecular weight is 312 g/mol. The third kappa shape index (κ3) is 4.80. The van der Waals surface area contributed by atoms with Gasteiger partial charge in [-0.15, -0.1) is 0 Å². The number of benzene rings is 1. The Morgan fingerprint density at radius 3 is 2.62 bits per heavy atom. The zero-order valence-electron chi connectivity index (χ0n) is 11.7. The van der Waals surface area contributed by atoms with Crippen molar-refractivity contribution in [2.45, 2.75) is 24.2 Å². The van der Waals surface area contributed by atoms with Crippen molar-refractivity contribution >= 4 is 15.9 Å². The first-order valence-corrected chi connectivity index (χ1v) is 8.50. The van der Waals surface area contributed by atoms with E-state index in [0.717, 1.165) is 32.5 Å². The molecule has 0 aromatic heterocycles. The van der Waals surface area contributed by atoms with Gasteiger partial charge in [0.25, 0.3) is 5.91 Å². The molecule has 2 rings (SSSR count). The van der Waals surface area contributed by atoms with Crippen molar-refractivity contribution in [1.29, 1.82) is 0 Å². The first-order chi connectivity index (χ1) is 9.97. The second-order valence-corrected chi connectivity index (χ2v) is 6.76. The Kier molecular flexibility index (Phi) is 5.33. The molecule has 0 bridgehead atoms. The summed E-state index contributed by atoms with van der Waals surface area (Å²) in [4.78, 5) is 11.9. The van der Waals surface area contributed by atoms with E-state index in [1.54, 1.807) is 0 Å². The van der Waals surface area contributed by atoms with Crippen LogP contribution in [0.5, 0.6) is 0 Å². The lowest BCUT2D eigenvalue weighted by Crippen LogP contribution is -2.25. The largest absolute Gasteiger partial charge is 0.381 e. The smallest absolute Gasteiger partial charge is 0.251 e. The number of amides is 1. The number of ether oxygens (including phenoxy) is 1. The molecule has 0 unspecified atom stereocenters. The number of primary sulfonamides is 1. The molecule has 116 valence electrons. The molecule has 1 amide bonds. The van der Waals surface area contributed by atoms with Gasteiger partial charge in [-0.05, 0) is 49.4 Å². The molecule has 1 aromatic carbocycles. The molecule has 1 fully saturated rings. The number of carbonyl (C=O) groups excluding carboxylic acids is 1. The standard InChI is InChI=1S/C14H20N2O4S/c15-21(18,19)13-5-3-12(4-6-13)14(17)16-8-1-2-11-7-9-20-10-11/h3-6,11H,1-2,7-10H2,(H,16,17)(H2,15,18,19)/t11-/m1/s1. The minimum absolute atomic E-state index is 0.000262. The van der Waals surface area contributed by atoms with Crippen molar-refractivity contribution in [3.05, 3.63) is 29.8 Å². The highest BCUT2D eigenvalue weighted by atomic mass is 32.2. The van der Waals surface area contributed by atoms with Gasteiger partial charge in [-0.1, -0.05) is 0 Å². The Morgan fingerprint density at radius 1 is 1.33 bits per heavy atom. The van der Waals surface area contributed by atoms with Crippen LogP contribution in [0.1, 0.15) is 29.6 Å². The molecule has 21 heavy (non-hydrogen) atoms. The number of hydrogen-bond acceptors (Lipinski definition) is 4. The second kappa shape index (κ2) is 7.02. The van der Waals surface area contributed by atoms with E-state index in [0.29, 0.717) is 18.0 Å². The van der Waals surface area contributed by atoms with Gasteiger partial charge in [-0.2, -0.15) is 0 Å². The molecule has 1 aliphatic heterocycles. The van der Waals surface area contributed by atoms with E-state index < -0.39 is 10.0 Å². The maximum atomic E-state index is 11.9. The van der Waals surface area contributed by atoms with Gasteiger partial charge in [0.15, 0.2) is 0 Å². The lowest BCUT2D eigenvalue weighted by atomic mass is 10.0. The number of nitrogens with one attached hydrogen (secondary N) is 1. The monoisotopic (exact) mass is 312 g/mol. The predicted octanol–water partition coefficient (Wildman–Crippen LogP) is 0.880. The Labute approximate surface area is 124 Å². The Balaban J connectivity index is 1.77. The van der Waals surface area contributed by atoms with E-state index in [1.165, 1.54) is 24.3 Å². The van der Waals surface area contributed by atoms with Crippen molar-refractivity contribution in [2.75, 3.05) is 19.8 Å². The summed E-state index contributed by atoms with van der Waals surface area (Å²) < 4.78 is 27.5. The van der Waals surface area contributed by atoms with E-state index in [1.807, 2.05) is 0 Å². The summed E-state index contributed by atoms with van der Waals surface area (Å²) in [5.74, 6) is 0.398. The first-order valence-electron chi connectivity index (χ1n) is 6.95. The topological polar surface area (TPSA) is 98.5 Å². The summed E-state index contributed by atoms with van der Waals surface area (Å²) in [5, 5.41) is 7.82. The Morgan fingerprint density at radius 2 is 2.05 bits per heavy atom. The zero-order valence-corrected chi connectivity index (χ0v) is 12.6. The highest BCUT2D eigenvalue weighted by Gasteiger charge is 2.15. The van der Waals surface area contributed by atoms with Crippen molar-refractivity contribution in [2.24, 2.45) is 11.1 Å². The Hall–Kier alpha value is -1.44. The molecule has 0 aliphatic carbocycles. The highest BCUT2D eigenvalue weighted by molar-refractivity contribution is 7.89. The number of rotatable bonds is 6. The molecular formula is C14H20N2O4S. The summed E-state index contributed by atoms with van der Waals surface area (Å²) in [7, 11) is -3.72. The summed E-state index contributed by atoms with van der Waals surface area (Å²) in [5.41, 5.74) is 0.423. The maximum absolute atomic E-state index is 11.9. The van der Waals surface area contributed by atoms with Crippen LogP contribution in [-0.4, -0.2) is 34.1 Å². The summed E-state index contributed by atoms with van der Waals surface area (Å²) >= 11 is 0. The summed E-state index contributed by atoms with van der Waals surface area (Å²) in [6.07, 6.45) is 3.06. The fourth-order valence-corrected chi connectivity index (χ4v) is 2.82. The Bertz CT molecular complexity index is 577. The van der Waals surface area contributed by atoms with Crippen LogP contribution in [0.25, 0.3) is 0 Å². The summed E-state index contributed by atoms with van der Waals surface area (Å²) in [6, 6.07) is 5.58. The highest BCUT2D eigenvalue weighted by Crippen LogP contribution is 2.17. The van der Waals surface area contributed by atoms with E-state index in [4.69, 9.17) is 9.88 Å². The van der Waals surface area contributed by atoms with Gasteiger partial charge in [-0.3, -0.25) is 4.79 Å². The molecule has 0 saturated carbocycles. The summed E-state index contributed by atoms with van der Waals surface area (Å²) in [6.45, 7) is 2.27. The van der Waals surface area contributed by atoms with E-state index in [2.05, 4.69) is 5.32 Å². The minimum atomic E-state index is -3.72. The van der Waals surface area contributed by atoms with Gasteiger partial charge in [0, 0.05) is 25.3 Å². The van der Waals surface area contributed by atoms with Crippen LogP contribution >= 0.6 is 0 Å². The first kappa shape index (κ1) is 15.9. The molecule has 6 nitrogen and oxygen atoms in total. The molecule has 1 saturated heterocycles. The molecule has 0 radical (unpaired) electrons. The van der Waals surface area contributed by atoms with E-state index in [9.17, 15) is 13.2 Å². The lowest BCUT2D eigenvalue weighted by Gasteiger charge is -2.08. The van der Waals surface area contributed by atoms with Crippen LogP contribution in [0, 0.1) is 5.92 Å². The number of hydrogen-bond donors (Lipinski definition) is 2. The van der Waals surface area contributed by atoms with Crippen LogP contribution in [0.2, 0.25) is 0 Å². The third-order valence-corrected chi connectivity index (χ3v) is 4.47. The SMILES string of the molecule is NS(=O)(=O)c1ccc(C(=O)NCCC[C@@H]2CCOC2)cc1. The van der Waals surface area contributed by atoms with Gasteiger partial charge < -0.3 is 10.1 Å². The van der Waals surface area contributed by atoms with E-state index in [-0.39, 0.29) is 10.8 Å². The van der Waals surface area contributed by atoms with Crippen molar-refractivity contribution < 1.29 is 17.9 Å². The predicted molar refractivity (Wildman–Crippen MR) is 78.3 cm³/mol. The number of nitrogens with two attached hydrogens (primary N) is 1. The van der Waals surface area contributed by atoms with Crippen LogP contribution in [-0.2, 0) is 14.8 Å². The molecule has 7 heteroatoms. The number of sulfonamides is 1. The van der Waals surface area contributed by atoms with Crippen molar-refractivity contribution in [3.8, 4) is 0 Å². The molecule has 1 heterocycles. The zero-order chi connectivity index (χ0) is 15.3. The molecule has 3 N–H and O–H groups in total. The van der Waals surface area contributed by atoms with Crippen LogP contribution in [0.15, 0.2) is 29.2 Å². The fraction of sp³-hybridized carbons (Fsp3) is 0.500. The molecule has 1 atom stereocenters. The van der Waals surface area contributed by atoms with Gasteiger partial charge in [0.2, 0.25) is 10.0 Å². The van der Waals surface area contributed by atoms with Crippen LogP contribution in [0.3, 0.4) is 0 Å². The molecule has 1 aliphatic rings. The van der Waals surface area contributed by atoms with Crippen LogP contribution in [0.4, 0.5) is 0 Å². The van der Waals surface area contributed by atoms with Crippen molar-refractivity contribution in [1.82, 2.24) is 5.32 Å². The second-order valence-electron chi connectivity index (χ2n) is 5.20. The quantitative estimate of drug-likeness (QED) is 0.762. The minimum Gasteiger partial charge on any atom is -0.381 e. The number of carbonyl (C=O) groups is 1.